The number of hydrogen-bond donors (Lipinski definition) is 1. The molecule has 0 amide bonds. The topological polar surface area (TPSA) is 104 Å². The molecule has 6 aliphatic rings. The van der Waals surface area contributed by atoms with Gasteiger partial charge in [-0.2, -0.15) is 5.26 Å². The third-order valence-electron chi connectivity index (χ3n) is 11.9. The first-order valence-electron chi connectivity index (χ1n) is 12.5. The minimum absolute atomic E-state index is 0.130. The Hall–Kier alpha value is -2.00. The molecule has 3 unspecified atom stereocenters. The second kappa shape index (κ2) is 5.62. The number of aliphatic hydroxyl groups is 1. The standard InChI is InChI=1S/C27H33NO5/c1-6-25-10-8-15-22(3)9-7-16-23(4,18-12-26(18,13-28)20(30)24(16,5)32)17(22)11-19(29)27(15,14(25)2)33-21(25)31/h11,14-16,18,32H,6-10,12H2,1-5H3/t14?,15?,16?,18-,22+,23+,24+,25+,26+,27+/m1/s1. The first-order chi connectivity index (χ1) is 15.3. The summed E-state index contributed by atoms with van der Waals surface area (Å²) in [5, 5.41) is 21.4. The average molecular weight is 452 g/mol. The van der Waals surface area contributed by atoms with Gasteiger partial charge in [-0.25, -0.2) is 0 Å². The van der Waals surface area contributed by atoms with Crippen molar-refractivity contribution in [1.29, 1.82) is 5.26 Å². The van der Waals surface area contributed by atoms with Crippen molar-refractivity contribution in [2.45, 2.75) is 84.3 Å². The number of nitriles is 1. The van der Waals surface area contributed by atoms with Crippen LogP contribution in [0.1, 0.15) is 73.1 Å². The Morgan fingerprint density at radius 2 is 1.79 bits per heavy atom. The Morgan fingerprint density at radius 1 is 1.12 bits per heavy atom. The summed E-state index contributed by atoms with van der Waals surface area (Å²) in [6, 6.07) is 2.25. The lowest BCUT2D eigenvalue weighted by atomic mass is 9.39. The molecule has 6 nitrogen and oxygen atoms in total. The Labute approximate surface area is 194 Å². The summed E-state index contributed by atoms with van der Waals surface area (Å²) in [6.45, 7) is 9.85. The molecule has 10 atom stereocenters. The average Bonchev–Trinajstić information content (AvgIpc) is 3.50. The molecule has 1 aliphatic heterocycles. The normalized spacial score (nSPS) is 58.2. The van der Waals surface area contributed by atoms with Gasteiger partial charge in [0.2, 0.25) is 0 Å². The van der Waals surface area contributed by atoms with Gasteiger partial charge in [-0.05, 0) is 62.9 Å². The van der Waals surface area contributed by atoms with Crippen LogP contribution in [0.4, 0.5) is 0 Å². The van der Waals surface area contributed by atoms with E-state index in [2.05, 4.69) is 19.9 Å². The molecule has 176 valence electrons. The largest absolute Gasteiger partial charge is 0.450 e. The predicted molar refractivity (Wildman–Crippen MR) is 117 cm³/mol. The zero-order chi connectivity index (χ0) is 24.0. The van der Waals surface area contributed by atoms with Crippen molar-refractivity contribution < 1.29 is 24.2 Å². The molecule has 1 spiro atoms. The van der Waals surface area contributed by atoms with Crippen LogP contribution in [-0.2, 0) is 19.1 Å². The molecule has 33 heavy (non-hydrogen) atoms. The molecule has 1 N–H and O–H groups in total. The van der Waals surface area contributed by atoms with Gasteiger partial charge in [-0.1, -0.05) is 33.3 Å². The van der Waals surface area contributed by atoms with Crippen molar-refractivity contribution in [3.8, 4) is 6.07 Å². The van der Waals surface area contributed by atoms with Crippen LogP contribution in [-0.4, -0.2) is 33.8 Å². The quantitative estimate of drug-likeness (QED) is 0.612. The minimum atomic E-state index is -1.60. The maximum absolute atomic E-state index is 14.0. The number of esters is 1. The lowest BCUT2D eigenvalue weighted by Crippen LogP contribution is -2.67. The van der Waals surface area contributed by atoms with E-state index in [9.17, 15) is 24.8 Å². The van der Waals surface area contributed by atoms with Gasteiger partial charge in [0, 0.05) is 23.2 Å². The second-order valence-electron chi connectivity index (χ2n) is 12.5. The summed E-state index contributed by atoms with van der Waals surface area (Å²) in [7, 11) is 0. The molecular formula is C27H33NO5. The lowest BCUT2D eigenvalue weighted by Gasteiger charge is -2.64. The van der Waals surface area contributed by atoms with E-state index in [0.717, 1.165) is 18.4 Å². The summed E-state index contributed by atoms with van der Waals surface area (Å²) in [5.41, 5.74) is -4.53. The molecule has 0 radical (unpaired) electrons. The highest BCUT2D eigenvalue weighted by Gasteiger charge is 2.82. The van der Waals surface area contributed by atoms with Gasteiger partial charge in [0.1, 0.15) is 11.0 Å². The van der Waals surface area contributed by atoms with Crippen molar-refractivity contribution in [3.63, 3.8) is 0 Å². The van der Waals surface area contributed by atoms with Gasteiger partial charge in [0.25, 0.3) is 0 Å². The predicted octanol–water partition coefficient (Wildman–Crippen LogP) is 3.52. The lowest BCUT2D eigenvalue weighted by molar-refractivity contribution is -0.183. The summed E-state index contributed by atoms with van der Waals surface area (Å²) in [4.78, 5) is 40.3. The van der Waals surface area contributed by atoms with Gasteiger partial charge < -0.3 is 9.84 Å². The molecule has 1 heterocycles. The van der Waals surface area contributed by atoms with Crippen molar-refractivity contribution >= 4 is 17.5 Å². The molecule has 6 rings (SSSR count). The van der Waals surface area contributed by atoms with Crippen LogP contribution in [0, 0.1) is 56.7 Å². The molecule has 0 aromatic carbocycles. The molecule has 1 saturated heterocycles. The molecule has 4 saturated carbocycles. The van der Waals surface area contributed by atoms with E-state index in [1.54, 1.807) is 13.0 Å². The van der Waals surface area contributed by atoms with Crippen molar-refractivity contribution in [3.05, 3.63) is 11.6 Å². The van der Waals surface area contributed by atoms with Crippen LogP contribution in [0.2, 0.25) is 0 Å². The Kier molecular flexibility index (Phi) is 3.67. The zero-order valence-corrected chi connectivity index (χ0v) is 20.2. The number of fused-ring (bicyclic) bond motifs is 7. The number of hydrogen-bond acceptors (Lipinski definition) is 6. The summed E-state index contributed by atoms with van der Waals surface area (Å²) in [6.07, 6.45) is 5.64. The summed E-state index contributed by atoms with van der Waals surface area (Å²) in [5.74, 6) is -1.57. The van der Waals surface area contributed by atoms with E-state index in [4.69, 9.17) is 4.74 Å². The third-order valence-corrected chi connectivity index (χ3v) is 11.9. The first kappa shape index (κ1) is 21.5. The molecular weight excluding hydrogens is 418 g/mol. The number of ether oxygens (including phenoxy) is 1. The number of carbonyl (C=O) groups excluding carboxylic acids is 3. The maximum Gasteiger partial charge on any atom is 0.313 e. The number of rotatable bonds is 1. The van der Waals surface area contributed by atoms with E-state index in [0.29, 0.717) is 25.7 Å². The van der Waals surface area contributed by atoms with Crippen LogP contribution < -0.4 is 0 Å². The van der Waals surface area contributed by atoms with Crippen LogP contribution in [0.15, 0.2) is 11.6 Å². The first-order valence-corrected chi connectivity index (χ1v) is 12.5. The molecule has 5 aliphatic carbocycles. The van der Waals surface area contributed by atoms with E-state index >= 15 is 0 Å². The minimum Gasteiger partial charge on any atom is -0.450 e. The zero-order valence-electron chi connectivity index (χ0n) is 20.2. The second-order valence-corrected chi connectivity index (χ2v) is 12.5. The number of nitrogens with zero attached hydrogens (tertiary/aromatic N) is 1. The fourth-order valence-corrected chi connectivity index (χ4v) is 10.0. The number of allylic oxidation sites excluding steroid dienone is 1. The molecule has 6 heteroatoms. The molecule has 5 fully saturated rings. The highest BCUT2D eigenvalue weighted by molar-refractivity contribution is 6.05. The third kappa shape index (κ3) is 1.88. The van der Waals surface area contributed by atoms with Crippen LogP contribution in [0.5, 0.6) is 0 Å². The number of Topliss-reactive ketones (excluding diaryl/α,β-unsaturated/α-hetero) is 1. The number of ketones is 2. The Balaban J connectivity index is 1.55. The van der Waals surface area contributed by atoms with E-state index < -0.39 is 32.9 Å². The molecule has 0 aromatic rings. The van der Waals surface area contributed by atoms with E-state index in [1.165, 1.54) is 0 Å². The summed E-state index contributed by atoms with van der Waals surface area (Å²) >= 11 is 0. The van der Waals surface area contributed by atoms with E-state index in [-0.39, 0.29) is 41.2 Å². The number of carbonyl (C=O) groups is 3. The van der Waals surface area contributed by atoms with Crippen molar-refractivity contribution in [2.24, 2.45) is 45.3 Å². The SMILES string of the molecule is CC[C@@]12CCC3[C@](OC1=O)(C(=O)C=C1[C@@]3(C)CCC3[C@](C)(O)C(=O)[C@]4(C#N)C[C@@H]4[C@]13C)C2C. The highest BCUT2D eigenvalue weighted by atomic mass is 16.6. The van der Waals surface area contributed by atoms with Gasteiger partial charge >= 0.3 is 5.97 Å². The smallest absolute Gasteiger partial charge is 0.313 e. The Morgan fingerprint density at radius 3 is 2.42 bits per heavy atom. The molecule has 2 bridgehead atoms. The van der Waals surface area contributed by atoms with E-state index in [1.807, 2.05) is 13.8 Å². The monoisotopic (exact) mass is 451 g/mol. The van der Waals surface area contributed by atoms with Crippen LogP contribution in [0.25, 0.3) is 0 Å². The van der Waals surface area contributed by atoms with Crippen molar-refractivity contribution in [2.75, 3.05) is 0 Å². The van der Waals surface area contributed by atoms with Gasteiger partial charge in [0.05, 0.1) is 11.5 Å². The Bertz CT molecular complexity index is 1120. The highest BCUT2D eigenvalue weighted by Crippen LogP contribution is 2.79. The fraction of sp³-hybridized carbons (Fsp3) is 0.778. The van der Waals surface area contributed by atoms with Crippen LogP contribution in [0.3, 0.4) is 0 Å². The summed E-state index contributed by atoms with van der Waals surface area (Å²) < 4.78 is 6.13. The molecule has 0 aromatic heterocycles. The van der Waals surface area contributed by atoms with Gasteiger partial charge in [-0.15, -0.1) is 0 Å². The maximum atomic E-state index is 14.0. The fourth-order valence-electron chi connectivity index (χ4n) is 10.0. The van der Waals surface area contributed by atoms with Gasteiger partial charge in [-0.3, -0.25) is 14.4 Å². The van der Waals surface area contributed by atoms with Crippen molar-refractivity contribution in [1.82, 2.24) is 0 Å². The van der Waals surface area contributed by atoms with Crippen LogP contribution >= 0.6 is 0 Å². The van der Waals surface area contributed by atoms with Gasteiger partial charge in [0.15, 0.2) is 17.2 Å².